The number of hydrogen-bond donors (Lipinski definition) is 0. The molecule has 2 rings (SSSR count). The molecule has 0 aromatic heterocycles. The van der Waals surface area contributed by atoms with E-state index >= 15 is 0 Å². The van der Waals surface area contributed by atoms with Crippen LogP contribution in [-0.4, -0.2) is 12.8 Å². The molecular formula is C16H10N4O. The number of nitriles is 2. The Hall–Kier alpha value is -3.44. The van der Waals surface area contributed by atoms with Crippen molar-refractivity contribution in [3.63, 3.8) is 0 Å². The molecule has 21 heavy (non-hydrogen) atoms. The molecule has 0 fully saturated rings. The van der Waals surface area contributed by atoms with E-state index in [1.807, 2.05) is 12.1 Å². The molecule has 0 unspecified atom stereocenters. The fraction of sp³-hybridized carbons (Fsp3) is 0. The maximum atomic E-state index is 8.91. The second-order valence-electron chi connectivity index (χ2n) is 3.86. The molecule has 2 aromatic carbocycles. The SMILES string of the molecule is N#Cc1ccccc1N=COC=Nc1ccccc1C#N. The van der Waals surface area contributed by atoms with E-state index in [-0.39, 0.29) is 0 Å². The lowest BCUT2D eigenvalue weighted by Crippen LogP contribution is -1.84. The third-order valence-electron chi connectivity index (χ3n) is 2.55. The molecule has 0 saturated heterocycles. The summed E-state index contributed by atoms with van der Waals surface area (Å²) in [5.41, 5.74) is 1.96. The van der Waals surface area contributed by atoms with Gasteiger partial charge in [-0.05, 0) is 24.3 Å². The molecule has 0 saturated carbocycles. The first-order chi connectivity index (χ1) is 10.3. The minimum atomic E-state index is 0.462. The van der Waals surface area contributed by atoms with Gasteiger partial charge in [0, 0.05) is 0 Å². The lowest BCUT2D eigenvalue weighted by atomic mass is 10.2. The van der Waals surface area contributed by atoms with Gasteiger partial charge in [-0.3, -0.25) is 0 Å². The van der Waals surface area contributed by atoms with E-state index < -0.39 is 0 Å². The van der Waals surface area contributed by atoms with Crippen LogP contribution in [0.4, 0.5) is 11.4 Å². The molecule has 0 bridgehead atoms. The van der Waals surface area contributed by atoms with Crippen LogP contribution >= 0.6 is 0 Å². The Labute approximate surface area is 122 Å². The number of ether oxygens (including phenoxy) is 1. The lowest BCUT2D eigenvalue weighted by molar-refractivity contribution is 0.595. The van der Waals surface area contributed by atoms with Gasteiger partial charge in [-0.1, -0.05) is 24.3 Å². The quantitative estimate of drug-likeness (QED) is 0.632. The minimum Gasteiger partial charge on any atom is -0.434 e. The Morgan fingerprint density at radius 2 is 1.19 bits per heavy atom. The summed E-state index contributed by atoms with van der Waals surface area (Å²) in [5, 5.41) is 17.8. The van der Waals surface area contributed by atoms with Gasteiger partial charge in [0.15, 0.2) is 12.8 Å². The first kappa shape index (κ1) is 14.0. The molecule has 0 aliphatic carbocycles. The molecule has 0 atom stereocenters. The summed E-state index contributed by atoms with van der Waals surface area (Å²) in [5.74, 6) is 0. The molecule has 0 spiro atoms. The molecule has 0 radical (unpaired) electrons. The van der Waals surface area contributed by atoms with Crippen molar-refractivity contribution in [3.05, 3.63) is 59.7 Å². The third kappa shape index (κ3) is 3.76. The maximum absolute atomic E-state index is 8.91. The number of rotatable bonds is 4. The standard InChI is InChI=1S/C16H10N4O/c17-9-13-5-1-3-7-15(13)19-11-21-12-20-16-8-4-2-6-14(16)10-18/h1-8,11-12H. The second kappa shape index (κ2) is 7.22. The largest absolute Gasteiger partial charge is 0.434 e. The van der Waals surface area contributed by atoms with Gasteiger partial charge >= 0.3 is 0 Å². The molecule has 100 valence electrons. The van der Waals surface area contributed by atoms with Crippen LogP contribution in [0.5, 0.6) is 0 Å². The first-order valence-corrected chi connectivity index (χ1v) is 6.04. The van der Waals surface area contributed by atoms with E-state index in [2.05, 4.69) is 9.98 Å². The van der Waals surface area contributed by atoms with Crippen LogP contribution in [-0.2, 0) is 4.74 Å². The fourth-order valence-corrected chi connectivity index (χ4v) is 1.56. The summed E-state index contributed by atoms with van der Waals surface area (Å²) in [6, 6.07) is 17.9. The van der Waals surface area contributed by atoms with Gasteiger partial charge in [-0.2, -0.15) is 10.5 Å². The minimum absolute atomic E-state index is 0.462. The predicted octanol–water partition coefficient (Wildman–Crippen LogP) is 3.47. The number of benzene rings is 2. The van der Waals surface area contributed by atoms with Gasteiger partial charge in [0.2, 0.25) is 0 Å². The van der Waals surface area contributed by atoms with Crippen LogP contribution in [0.25, 0.3) is 0 Å². The van der Waals surface area contributed by atoms with Crippen LogP contribution in [0.1, 0.15) is 11.1 Å². The zero-order chi connectivity index (χ0) is 14.9. The van der Waals surface area contributed by atoms with E-state index in [1.54, 1.807) is 48.5 Å². The Bertz CT molecular complexity index is 701. The van der Waals surface area contributed by atoms with E-state index in [1.165, 1.54) is 12.8 Å². The van der Waals surface area contributed by atoms with Gasteiger partial charge < -0.3 is 4.74 Å². The molecule has 0 N–H and O–H groups in total. The van der Waals surface area contributed by atoms with Gasteiger partial charge in [0.05, 0.1) is 22.5 Å². The van der Waals surface area contributed by atoms with Crippen molar-refractivity contribution in [2.75, 3.05) is 0 Å². The number of hydrogen-bond acceptors (Lipinski definition) is 5. The first-order valence-electron chi connectivity index (χ1n) is 6.04. The monoisotopic (exact) mass is 274 g/mol. The fourth-order valence-electron chi connectivity index (χ4n) is 1.56. The van der Waals surface area contributed by atoms with Crippen molar-refractivity contribution in [3.8, 4) is 12.1 Å². The summed E-state index contributed by atoms with van der Waals surface area (Å²) < 4.78 is 5.04. The second-order valence-corrected chi connectivity index (χ2v) is 3.86. The highest BCUT2D eigenvalue weighted by atomic mass is 16.5. The van der Waals surface area contributed by atoms with Crippen LogP contribution in [0.2, 0.25) is 0 Å². The van der Waals surface area contributed by atoms with E-state index in [0.29, 0.717) is 22.5 Å². The normalized spacial score (nSPS) is 10.4. The average Bonchev–Trinajstić information content (AvgIpc) is 2.55. The summed E-state index contributed by atoms with van der Waals surface area (Å²) in [7, 11) is 0. The zero-order valence-electron chi connectivity index (χ0n) is 11.0. The third-order valence-corrected chi connectivity index (χ3v) is 2.55. The van der Waals surface area contributed by atoms with E-state index in [4.69, 9.17) is 15.3 Å². The number of para-hydroxylation sites is 2. The van der Waals surface area contributed by atoms with Crippen LogP contribution in [0.15, 0.2) is 58.5 Å². The van der Waals surface area contributed by atoms with Crippen molar-refractivity contribution >= 4 is 24.2 Å². The molecule has 5 heteroatoms. The van der Waals surface area contributed by atoms with Crippen molar-refractivity contribution in [2.24, 2.45) is 9.98 Å². The smallest absolute Gasteiger partial charge is 0.183 e. The van der Waals surface area contributed by atoms with Crippen molar-refractivity contribution < 1.29 is 4.74 Å². The molecular weight excluding hydrogens is 264 g/mol. The van der Waals surface area contributed by atoms with E-state index in [0.717, 1.165) is 0 Å². The van der Waals surface area contributed by atoms with Crippen molar-refractivity contribution in [1.82, 2.24) is 0 Å². The zero-order valence-corrected chi connectivity index (χ0v) is 11.0. The summed E-state index contributed by atoms with van der Waals surface area (Å²) in [4.78, 5) is 8.05. The molecule has 0 amide bonds. The Morgan fingerprint density at radius 3 is 1.62 bits per heavy atom. The highest BCUT2D eigenvalue weighted by Crippen LogP contribution is 2.17. The molecule has 2 aromatic rings. The highest BCUT2D eigenvalue weighted by Gasteiger charge is 1.97. The average molecular weight is 274 g/mol. The molecule has 0 aliphatic rings. The maximum Gasteiger partial charge on any atom is 0.183 e. The van der Waals surface area contributed by atoms with Crippen LogP contribution < -0.4 is 0 Å². The summed E-state index contributed by atoms with van der Waals surface area (Å²) in [6.45, 7) is 0. The Balaban J connectivity index is 2.01. The highest BCUT2D eigenvalue weighted by molar-refractivity contribution is 5.71. The topological polar surface area (TPSA) is 81.5 Å². The van der Waals surface area contributed by atoms with E-state index in [9.17, 15) is 0 Å². The van der Waals surface area contributed by atoms with Gasteiger partial charge in [0.25, 0.3) is 0 Å². The molecule has 0 heterocycles. The summed E-state index contributed by atoms with van der Waals surface area (Å²) in [6.07, 6.45) is 2.38. The van der Waals surface area contributed by atoms with Gasteiger partial charge in [0.1, 0.15) is 12.1 Å². The van der Waals surface area contributed by atoms with Crippen molar-refractivity contribution in [1.29, 1.82) is 10.5 Å². The van der Waals surface area contributed by atoms with Crippen LogP contribution in [0, 0.1) is 22.7 Å². The lowest BCUT2D eigenvalue weighted by Gasteiger charge is -1.96. The van der Waals surface area contributed by atoms with Gasteiger partial charge in [-0.15, -0.1) is 0 Å². The Kier molecular flexibility index (Phi) is 4.81. The molecule has 5 nitrogen and oxygen atoms in total. The predicted molar refractivity (Wildman–Crippen MR) is 79.7 cm³/mol. The van der Waals surface area contributed by atoms with Crippen LogP contribution in [0.3, 0.4) is 0 Å². The Morgan fingerprint density at radius 1 is 0.762 bits per heavy atom. The van der Waals surface area contributed by atoms with Gasteiger partial charge in [-0.25, -0.2) is 9.98 Å². The number of aliphatic imine (C=N–C) groups is 2. The van der Waals surface area contributed by atoms with Crippen molar-refractivity contribution in [2.45, 2.75) is 0 Å². The summed E-state index contributed by atoms with van der Waals surface area (Å²) >= 11 is 0. The molecule has 0 aliphatic heterocycles. The number of nitrogens with zero attached hydrogens (tertiary/aromatic N) is 4.